The van der Waals surface area contributed by atoms with E-state index in [2.05, 4.69) is 0 Å². The molecule has 43 heavy (non-hydrogen) atoms. The van der Waals surface area contributed by atoms with Gasteiger partial charge in [-0.15, -0.1) is 0 Å². The van der Waals surface area contributed by atoms with Crippen molar-refractivity contribution in [2.24, 2.45) is 0 Å². The van der Waals surface area contributed by atoms with Crippen molar-refractivity contribution in [1.82, 2.24) is 0 Å². The molecule has 4 rings (SSSR count). The molecular formula is C26H36F2O15. The molecule has 244 valence electrons. The maximum Gasteiger partial charge on any atom is 0.305 e. The number of halogens is 2. The molecule has 0 N–H and O–H groups in total. The molecule has 4 heterocycles. The molecule has 1 unspecified atom stereocenters. The number of aldehydes is 1. The van der Waals surface area contributed by atoms with Crippen LogP contribution in [0.4, 0.5) is 8.78 Å². The first-order valence-corrected chi connectivity index (χ1v) is 13.3. The van der Waals surface area contributed by atoms with Gasteiger partial charge >= 0.3 is 23.9 Å². The predicted molar refractivity (Wildman–Crippen MR) is 132 cm³/mol. The largest absolute Gasteiger partial charge is 0.455 e. The van der Waals surface area contributed by atoms with Crippen molar-refractivity contribution in [3.63, 3.8) is 0 Å². The zero-order valence-electron chi connectivity index (χ0n) is 24.8. The van der Waals surface area contributed by atoms with Crippen LogP contribution in [0.1, 0.15) is 55.4 Å². The van der Waals surface area contributed by atoms with Crippen molar-refractivity contribution < 1.29 is 80.1 Å². The molecule has 0 aliphatic carbocycles. The van der Waals surface area contributed by atoms with Gasteiger partial charge in [-0.3, -0.25) is 19.2 Å². The highest BCUT2D eigenvalue weighted by atomic mass is 19.3. The molecule has 4 aliphatic rings. The van der Waals surface area contributed by atoms with Crippen LogP contribution in [0.2, 0.25) is 0 Å². The van der Waals surface area contributed by atoms with Gasteiger partial charge in [0.15, 0.2) is 42.5 Å². The highest BCUT2D eigenvalue weighted by Crippen LogP contribution is 2.43. The van der Waals surface area contributed by atoms with Crippen molar-refractivity contribution in [3.8, 4) is 0 Å². The number of carbonyl (C=O) groups is 5. The summed E-state index contributed by atoms with van der Waals surface area (Å²) in [4.78, 5) is 56.2. The lowest BCUT2D eigenvalue weighted by atomic mass is 9.98. The van der Waals surface area contributed by atoms with Gasteiger partial charge in [0.1, 0.15) is 24.4 Å². The van der Waals surface area contributed by atoms with E-state index in [1.165, 1.54) is 0 Å². The maximum absolute atomic E-state index is 13.3. The Morgan fingerprint density at radius 2 is 1.12 bits per heavy atom. The number of fused-ring (bicyclic) bond motifs is 3. The van der Waals surface area contributed by atoms with Crippen molar-refractivity contribution in [1.29, 1.82) is 0 Å². The monoisotopic (exact) mass is 626 g/mol. The highest BCUT2D eigenvalue weighted by Gasteiger charge is 2.61. The van der Waals surface area contributed by atoms with Crippen molar-refractivity contribution >= 4 is 30.2 Å². The summed E-state index contributed by atoms with van der Waals surface area (Å²) in [6, 6.07) is 0. The van der Waals surface area contributed by atoms with E-state index in [-0.39, 0.29) is 12.2 Å². The molecule has 0 aromatic rings. The highest BCUT2D eigenvalue weighted by molar-refractivity contribution is 5.69. The smallest absolute Gasteiger partial charge is 0.305 e. The van der Waals surface area contributed by atoms with Gasteiger partial charge in [-0.2, -0.15) is 0 Å². The van der Waals surface area contributed by atoms with E-state index < -0.39 is 91.1 Å². The molecule has 0 amide bonds. The number of carbonyl (C=O) groups excluding carboxylic acids is 5. The second-order valence-electron chi connectivity index (χ2n) is 10.9. The van der Waals surface area contributed by atoms with Crippen molar-refractivity contribution in [2.45, 2.75) is 135 Å². The van der Waals surface area contributed by atoms with Gasteiger partial charge in [-0.05, 0) is 27.7 Å². The number of rotatable bonds is 6. The summed E-state index contributed by atoms with van der Waals surface area (Å²) in [6.45, 7) is 11.1. The normalized spacial score (nSPS) is 37.1. The molecular weight excluding hydrogens is 590 g/mol. The van der Waals surface area contributed by atoms with Crippen LogP contribution in [0.3, 0.4) is 0 Å². The molecule has 17 heteroatoms. The van der Waals surface area contributed by atoms with Gasteiger partial charge in [0.25, 0.3) is 6.43 Å². The average molecular weight is 627 g/mol. The summed E-state index contributed by atoms with van der Waals surface area (Å²) < 4.78 is 79.5. The zero-order chi connectivity index (χ0) is 32.4. The molecule has 0 saturated carbocycles. The quantitative estimate of drug-likeness (QED) is 0.231. The maximum atomic E-state index is 13.3. The third-order valence-corrected chi connectivity index (χ3v) is 6.29. The molecule has 4 aliphatic heterocycles. The summed E-state index contributed by atoms with van der Waals surface area (Å²) in [6.07, 6.45) is -13.8. The van der Waals surface area contributed by atoms with E-state index in [4.69, 9.17) is 47.4 Å². The Bertz CT molecular complexity index is 1070. The average Bonchev–Trinajstić information content (AvgIpc) is 3.34. The number of esters is 4. The third kappa shape index (κ3) is 8.63. The van der Waals surface area contributed by atoms with Gasteiger partial charge in [0.05, 0.1) is 0 Å². The van der Waals surface area contributed by atoms with Gasteiger partial charge in [0.2, 0.25) is 12.4 Å². The second-order valence-corrected chi connectivity index (χ2v) is 10.9. The van der Waals surface area contributed by atoms with Crippen LogP contribution in [-0.4, -0.2) is 110 Å². The topological polar surface area (TPSA) is 178 Å². The Hall–Kier alpha value is -2.83. The molecule has 4 fully saturated rings. The Morgan fingerprint density at radius 3 is 1.63 bits per heavy atom. The van der Waals surface area contributed by atoms with Crippen LogP contribution in [-0.2, 0) is 71.3 Å². The lowest BCUT2D eigenvalue weighted by Gasteiger charge is -2.43. The second kappa shape index (κ2) is 13.4. The first-order valence-electron chi connectivity index (χ1n) is 13.3. The lowest BCUT2D eigenvalue weighted by molar-refractivity contribution is -0.310. The van der Waals surface area contributed by atoms with Crippen LogP contribution in [0, 0.1) is 0 Å². The molecule has 0 bridgehead atoms. The fourth-order valence-electron chi connectivity index (χ4n) is 5.02. The Balaban J connectivity index is 0.000000246. The van der Waals surface area contributed by atoms with Crippen molar-refractivity contribution in [2.75, 3.05) is 0 Å². The summed E-state index contributed by atoms with van der Waals surface area (Å²) in [5.74, 6) is -5.17. The number of hydrogen-bond donors (Lipinski definition) is 0. The van der Waals surface area contributed by atoms with Crippen LogP contribution < -0.4 is 0 Å². The molecule has 4 saturated heterocycles. The molecule has 10 atom stereocenters. The fraction of sp³-hybridized carbons (Fsp3) is 0.808. The van der Waals surface area contributed by atoms with E-state index in [1.807, 2.05) is 13.8 Å². The van der Waals surface area contributed by atoms with Crippen LogP contribution >= 0.6 is 0 Å². The number of ether oxygens (including phenoxy) is 10. The fourth-order valence-corrected chi connectivity index (χ4v) is 5.02. The Kier molecular flexibility index (Phi) is 10.8. The van der Waals surface area contributed by atoms with E-state index in [0.717, 1.165) is 34.0 Å². The van der Waals surface area contributed by atoms with Crippen LogP contribution in [0.25, 0.3) is 0 Å². The molecule has 0 aromatic heterocycles. The minimum absolute atomic E-state index is 0.351. The zero-order valence-corrected chi connectivity index (χ0v) is 24.8. The SMILES string of the molecule is CC(=O)OC1O[C@@H](C(F)F)[C@@H](OC(C)=O)[C@@H](OC(C)=O)[C@@H]1OC(C)=O.CC1(C)O[C@@H]2O[C@@H](C=O)[C@H]3OC(C)(C)O[C@H]3[C@@H]2O1. The van der Waals surface area contributed by atoms with Gasteiger partial charge in [-0.25, -0.2) is 8.78 Å². The molecule has 0 radical (unpaired) electrons. The Labute approximate surface area is 245 Å². The van der Waals surface area contributed by atoms with Crippen molar-refractivity contribution in [3.05, 3.63) is 0 Å². The van der Waals surface area contributed by atoms with Crippen LogP contribution in [0.15, 0.2) is 0 Å². The Morgan fingerprint density at radius 1 is 0.651 bits per heavy atom. The van der Waals surface area contributed by atoms with Gasteiger partial charge < -0.3 is 52.2 Å². The predicted octanol–water partition coefficient (Wildman–Crippen LogP) is 0.916. The molecule has 0 spiro atoms. The van der Waals surface area contributed by atoms with E-state index in [9.17, 15) is 32.8 Å². The standard InChI is InChI=1S/C14H18F2O9.C12H18O6/c1-5(17)21-9-10(22-6(2)18)12(23-7(3)19)14(24-8(4)20)25-11(9)13(15)16;1-11(2)15-7-6(5-13)14-10-9(8(7)16-11)17-12(3,4)18-10/h9-14H,1-4H3;5-10H,1-4H3/t9-,10+,11+,12-,14?;6-,7+,8+,9-,10-/m00/s1. The van der Waals surface area contributed by atoms with E-state index in [1.54, 1.807) is 13.8 Å². The van der Waals surface area contributed by atoms with Crippen LogP contribution in [0.5, 0.6) is 0 Å². The first-order chi connectivity index (χ1) is 19.8. The van der Waals surface area contributed by atoms with E-state index >= 15 is 0 Å². The minimum atomic E-state index is -3.18. The molecule has 0 aromatic carbocycles. The first kappa shape index (κ1) is 34.7. The van der Waals surface area contributed by atoms with Gasteiger partial charge in [-0.1, -0.05) is 0 Å². The summed E-state index contributed by atoms with van der Waals surface area (Å²) in [5.41, 5.74) is 0. The third-order valence-electron chi connectivity index (χ3n) is 6.29. The number of hydrogen-bond acceptors (Lipinski definition) is 15. The minimum Gasteiger partial charge on any atom is -0.455 e. The summed E-state index contributed by atoms with van der Waals surface area (Å²) in [7, 11) is 0. The molecule has 15 nitrogen and oxygen atoms in total. The number of alkyl halides is 2. The van der Waals surface area contributed by atoms with E-state index in [0.29, 0.717) is 0 Å². The summed E-state index contributed by atoms with van der Waals surface area (Å²) >= 11 is 0. The van der Waals surface area contributed by atoms with Gasteiger partial charge in [0, 0.05) is 27.7 Å². The lowest BCUT2D eigenvalue weighted by Crippen LogP contribution is -2.63. The summed E-state index contributed by atoms with van der Waals surface area (Å²) in [5, 5.41) is 0.